The lowest BCUT2D eigenvalue weighted by Gasteiger charge is -2.27. The zero-order valence-electron chi connectivity index (χ0n) is 20.7. The number of benzene rings is 4. The standard InChI is InChI=1S/C28H26F3O6PS/c29-28(30,31)39(33,34)37-27(19-18-25-16-9-15-24-14-7-8-17-26(24)25)38(32,35-20-22-10-3-1-4-11-22)36-21-23-12-5-2-6-13-23/h1-17,27H,18-21H2. The van der Waals surface area contributed by atoms with Gasteiger partial charge in [-0.1, -0.05) is 103 Å². The molecule has 0 radical (unpaired) electrons. The van der Waals surface area contributed by atoms with Crippen molar-refractivity contribution >= 4 is 28.5 Å². The van der Waals surface area contributed by atoms with Crippen LogP contribution in [0.25, 0.3) is 10.8 Å². The lowest BCUT2D eigenvalue weighted by Crippen LogP contribution is -2.31. The summed E-state index contributed by atoms with van der Waals surface area (Å²) in [5.41, 5.74) is -3.89. The first-order valence-electron chi connectivity index (χ1n) is 12.0. The highest BCUT2D eigenvalue weighted by Crippen LogP contribution is 2.57. The molecule has 0 aliphatic rings. The lowest BCUT2D eigenvalue weighted by atomic mass is 10.0. The fourth-order valence-corrected chi connectivity index (χ4v) is 6.70. The van der Waals surface area contributed by atoms with Crippen molar-refractivity contribution in [1.29, 1.82) is 0 Å². The van der Waals surface area contributed by atoms with Gasteiger partial charge in [0, 0.05) is 0 Å². The number of halogens is 3. The third-order valence-corrected chi connectivity index (χ3v) is 9.16. The highest BCUT2D eigenvalue weighted by Gasteiger charge is 2.52. The Morgan fingerprint density at radius 3 is 1.79 bits per heavy atom. The Labute approximate surface area is 225 Å². The average molecular weight is 579 g/mol. The lowest BCUT2D eigenvalue weighted by molar-refractivity contribution is -0.0560. The van der Waals surface area contributed by atoms with E-state index < -0.39 is 29.1 Å². The molecule has 0 N–H and O–H groups in total. The van der Waals surface area contributed by atoms with Crippen LogP contribution in [0.1, 0.15) is 23.1 Å². The Balaban J connectivity index is 1.68. The highest BCUT2D eigenvalue weighted by molar-refractivity contribution is 7.87. The molecule has 11 heteroatoms. The molecule has 1 atom stereocenters. The van der Waals surface area contributed by atoms with E-state index in [1.165, 1.54) is 0 Å². The van der Waals surface area contributed by atoms with Crippen LogP contribution in [-0.4, -0.2) is 19.8 Å². The van der Waals surface area contributed by atoms with Gasteiger partial charge in [-0.25, -0.2) is 4.18 Å². The van der Waals surface area contributed by atoms with E-state index in [1.807, 2.05) is 30.3 Å². The third-order valence-electron chi connectivity index (χ3n) is 5.92. The second kappa shape index (κ2) is 12.4. The molecule has 0 saturated heterocycles. The molecule has 0 aliphatic heterocycles. The Bertz CT molecular complexity index is 1480. The summed E-state index contributed by atoms with van der Waals surface area (Å²) in [7, 11) is -10.8. The maximum Gasteiger partial charge on any atom is 0.523 e. The number of hydrogen-bond acceptors (Lipinski definition) is 6. The predicted molar refractivity (Wildman–Crippen MR) is 142 cm³/mol. The molecule has 0 saturated carbocycles. The maximum absolute atomic E-state index is 14.1. The van der Waals surface area contributed by atoms with Gasteiger partial charge in [-0.2, -0.15) is 21.6 Å². The molecule has 6 nitrogen and oxygen atoms in total. The zero-order chi connectivity index (χ0) is 27.9. The van der Waals surface area contributed by atoms with Gasteiger partial charge in [-0.3, -0.25) is 4.57 Å². The molecule has 4 aromatic rings. The van der Waals surface area contributed by atoms with Crippen LogP contribution in [-0.2, 0) is 47.5 Å². The summed E-state index contributed by atoms with van der Waals surface area (Å²) in [5.74, 6) is -2.06. The van der Waals surface area contributed by atoms with Crippen LogP contribution in [0.5, 0.6) is 0 Å². The van der Waals surface area contributed by atoms with E-state index in [2.05, 4.69) is 4.18 Å². The second-order valence-corrected chi connectivity index (χ2v) is 12.4. The summed E-state index contributed by atoms with van der Waals surface area (Å²) in [6.07, 6.45) is -0.336. The van der Waals surface area contributed by atoms with E-state index in [-0.39, 0.29) is 26.1 Å². The van der Waals surface area contributed by atoms with Crippen molar-refractivity contribution < 1.29 is 39.4 Å². The van der Waals surface area contributed by atoms with E-state index in [4.69, 9.17) is 9.05 Å². The molecule has 39 heavy (non-hydrogen) atoms. The number of rotatable bonds is 12. The first kappa shape index (κ1) is 29.0. The minimum atomic E-state index is -6.13. The van der Waals surface area contributed by atoms with Gasteiger partial charge in [0.25, 0.3) is 0 Å². The number of fused-ring (bicyclic) bond motifs is 1. The molecule has 0 fully saturated rings. The van der Waals surface area contributed by atoms with Crippen LogP contribution < -0.4 is 0 Å². The van der Waals surface area contributed by atoms with Crippen molar-refractivity contribution in [2.24, 2.45) is 0 Å². The van der Waals surface area contributed by atoms with Crippen LogP contribution in [0.15, 0.2) is 103 Å². The number of alkyl halides is 3. The molecule has 0 spiro atoms. The first-order valence-corrected chi connectivity index (χ1v) is 15.0. The number of hydrogen-bond donors (Lipinski definition) is 0. The molecule has 0 aromatic heterocycles. The molecular formula is C28H26F3O6PS. The van der Waals surface area contributed by atoms with Gasteiger partial charge < -0.3 is 9.05 Å². The van der Waals surface area contributed by atoms with Crippen molar-refractivity contribution in [2.75, 3.05) is 0 Å². The minimum absolute atomic E-state index is 0.0484. The van der Waals surface area contributed by atoms with Crippen LogP contribution in [0, 0.1) is 0 Å². The molecule has 0 amide bonds. The van der Waals surface area contributed by atoms with Crippen LogP contribution in [0.3, 0.4) is 0 Å². The Morgan fingerprint density at radius 2 is 1.23 bits per heavy atom. The minimum Gasteiger partial charge on any atom is -0.302 e. The summed E-state index contributed by atoms with van der Waals surface area (Å²) in [6, 6.07) is 29.8. The SMILES string of the molecule is O=P(OCc1ccccc1)(OCc1ccccc1)C(CCc1cccc2ccccc12)OS(=O)(=O)C(F)(F)F. The van der Waals surface area contributed by atoms with Gasteiger partial charge in [-0.15, -0.1) is 0 Å². The third kappa shape index (κ3) is 7.56. The normalized spacial score (nSPS) is 13.4. The van der Waals surface area contributed by atoms with Gasteiger partial charge in [0.15, 0.2) is 5.85 Å². The highest BCUT2D eigenvalue weighted by atomic mass is 32.2. The van der Waals surface area contributed by atoms with E-state index in [0.29, 0.717) is 16.7 Å². The summed E-state index contributed by atoms with van der Waals surface area (Å²) in [6.45, 7) is -0.597. The fourth-order valence-electron chi connectivity index (χ4n) is 3.93. The average Bonchev–Trinajstić information content (AvgIpc) is 2.93. The van der Waals surface area contributed by atoms with Crippen molar-refractivity contribution in [3.05, 3.63) is 120 Å². The summed E-state index contributed by atoms with van der Waals surface area (Å²) in [5, 5.41) is 1.71. The van der Waals surface area contributed by atoms with E-state index in [1.54, 1.807) is 72.8 Å². The van der Waals surface area contributed by atoms with Crippen LogP contribution in [0.2, 0.25) is 0 Å². The summed E-state index contributed by atoms with van der Waals surface area (Å²) in [4.78, 5) is 0. The molecule has 1 unspecified atom stereocenters. The van der Waals surface area contributed by atoms with Crippen LogP contribution in [0.4, 0.5) is 13.2 Å². The van der Waals surface area contributed by atoms with Crippen molar-refractivity contribution in [3.8, 4) is 0 Å². The number of aryl methyl sites for hydroxylation is 1. The molecule has 0 bridgehead atoms. The largest absolute Gasteiger partial charge is 0.523 e. The summed E-state index contributed by atoms with van der Waals surface area (Å²) >= 11 is 0. The van der Waals surface area contributed by atoms with Gasteiger partial charge in [0.05, 0.1) is 13.2 Å². The van der Waals surface area contributed by atoms with Gasteiger partial charge >= 0.3 is 23.2 Å². The molecule has 206 valence electrons. The Kier molecular flexibility index (Phi) is 9.25. The topological polar surface area (TPSA) is 78.9 Å². The predicted octanol–water partition coefficient (Wildman–Crippen LogP) is 7.59. The van der Waals surface area contributed by atoms with E-state index in [9.17, 15) is 26.2 Å². The quantitative estimate of drug-likeness (QED) is 0.0979. The van der Waals surface area contributed by atoms with E-state index >= 15 is 0 Å². The zero-order valence-corrected chi connectivity index (χ0v) is 22.4. The van der Waals surface area contributed by atoms with Crippen molar-refractivity contribution in [2.45, 2.75) is 37.4 Å². The van der Waals surface area contributed by atoms with Gasteiger partial charge in [-0.05, 0) is 40.3 Å². The van der Waals surface area contributed by atoms with E-state index in [0.717, 1.165) is 10.8 Å². The Hall–Kier alpha value is -3.01. The Morgan fingerprint density at radius 1 is 0.718 bits per heavy atom. The fraction of sp³-hybridized carbons (Fsp3) is 0.214. The second-order valence-electron chi connectivity index (χ2n) is 8.69. The first-order chi connectivity index (χ1) is 18.6. The molecular weight excluding hydrogens is 552 g/mol. The maximum atomic E-state index is 14.1. The summed E-state index contributed by atoms with van der Waals surface area (Å²) < 4.78 is 94.3. The molecule has 0 aliphatic carbocycles. The monoisotopic (exact) mass is 578 g/mol. The molecule has 4 aromatic carbocycles. The van der Waals surface area contributed by atoms with Crippen molar-refractivity contribution in [1.82, 2.24) is 0 Å². The van der Waals surface area contributed by atoms with Crippen LogP contribution >= 0.6 is 7.60 Å². The molecule has 4 rings (SSSR count). The van der Waals surface area contributed by atoms with Crippen molar-refractivity contribution in [3.63, 3.8) is 0 Å². The van der Waals surface area contributed by atoms with Gasteiger partial charge in [0.2, 0.25) is 0 Å². The van der Waals surface area contributed by atoms with Gasteiger partial charge in [0.1, 0.15) is 0 Å². The molecule has 0 heterocycles. The smallest absolute Gasteiger partial charge is 0.302 e.